The van der Waals surface area contributed by atoms with Crippen LogP contribution in [0.3, 0.4) is 0 Å². The molecule has 1 aliphatic heterocycles. The summed E-state index contributed by atoms with van der Waals surface area (Å²) in [4.78, 5) is 18.2. The molecule has 0 saturated carbocycles. The van der Waals surface area contributed by atoms with E-state index in [1.807, 2.05) is 36.4 Å². The highest BCUT2D eigenvalue weighted by Gasteiger charge is 2.28. The van der Waals surface area contributed by atoms with Crippen LogP contribution in [0.4, 0.5) is 0 Å². The quantitative estimate of drug-likeness (QED) is 0.764. The normalized spacial score (nSPS) is 19.2. The molecule has 1 aliphatic rings. The van der Waals surface area contributed by atoms with E-state index in [1.165, 1.54) is 5.56 Å². The summed E-state index contributed by atoms with van der Waals surface area (Å²) >= 11 is 0. The number of nitrogens with zero attached hydrogens (tertiary/aromatic N) is 1. The third-order valence-corrected chi connectivity index (χ3v) is 5.16. The average Bonchev–Trinajstić information content (AvgIpc) is 3.28. The fraction of sp³-hybridized carbons (Fsp3) is 0.286. The number of hydrogen-bond donors (Lipinski definition) is 2. The second kappa shape index (κ2) is 6.73. The van der Waals surface area contributed by atoms with Crippen molar-refractivity contribution in [2.75, 3.05) is 13.1 Å². The number of para-hydroxylation sites is 1. The smallest absolute Gasteiger partial charge is 0.267 e. The molecule has 1 fully saturated rings. The molecule has 0 radical (unpaired) electrons. The highest BCUT2D eigenvalue weighted by atomic mass is 16.2. The zero-order valence-electron chi connectivity index (χ0n) is 14.4. The second-order valence-corrected chi connectivity index (χ2v) is 6.81. The molecule has 4 nitrogen and oxygen atoms in total. The second-order valence-electron chi connectivity index (χ2n) is 6.81. The van der Waals surface area contributed by atoms with Crippen molar-refractivity contribution in [2.45, 2.75) is 25.4 Å². The minimum atomic E-state index is -0.0181. The molecule has 0 unspecified atom stereocenters. The molecule has 2 atom stereocenters. The van der Waals surface area contributed by atoms with Crippen LogP contribution in [0.25, 0.3) is 10.9 Å². The van der Waals surface area contributed by atoms with Crippen molar-refractivity contribution in [1.29, 1.82) is 0 Å². The number of nitrogens with one attached hydrogen (secondary N) is 2. The van der Waals surface area contributed by atoms with Crippen molar-refractivity contribution in [1.82, 2.24) is 15.2 Å². The number of benzene rings is 2. The van der Waals surface area contributed by atoms with Gasteiger partial charge < -0.3 is 10.3 Å². The van der Waals surface area contributed by atoms with Crippen LogP contribution in [0, 0.1) is 0 Å². The van der Waals surface area contributed by atoms with E-state index in [0.717, 1.165) is 30.4 Å². The molecule has 2 N–H and O–H groups in total. The number of aromatic amines is 1. The summed E-state index contributed by atoms with van der Waals surface area (Å²) in [6.45, 7) is 4.13. The van der Waals surface area contributed by atoms with E-state index in [4.69, 9.17) is 0 Å². The predicted molar refractivity (Wildman–Crippen MR) is 101 cm³/mol. The van der Waals surface area contributed by atoms with Gasteiger partial charge in [0, 0.05) is 36.1 Å². The summed E-state index contributed by atoms with van der Waals surface area (Å²) in [7, 11) is 0. The first-order valence-corrected chi connectivity index (χ1v) is 8.88. The van der Waals surface area contributed by atoms with Crippen LogP contribution < -0.4 is 5.32 Å². The van der Waals surface area contributed by atoms with Crippen molar-refractivity contribution < 1.29 is 4.79 Å². The minimum Gasteiger partial charge on any atom is -0.351 e. The Labute approximate surface area is 147 Å². The molecular formula is C21H23N3O. The molecule has 0 bridgehead atoms. The van der Waals surface area contributed by atoms with Gasteiger partial charge in [0.15, 0.2) is 0 Å². The first kappa shape index (κ1) is 15.9. The summed E-state index contributed by atoms with van der Waals surface area (Å²) in [5.41, 5.74) is 2.96. The Hall–Kier alpha value is -2.59. The number of carbonyl (C=O) groups is 1. The zero-order valence-corrected chi connectivity index (χ0v) is 14.4. The zero-order chi connectivity index (χ0) is 17.2. The van der Waals surface area contributed by atoms with Gasteiger partial charge in [-0.2, -0.15) is 0 Å². The van der Waals surface area contributed by atoms with Gasteiger partial charge in [0.05, 0.1) is 0 Å². The van der Waals surface area contributed by atoms with E-state index >= 15 is 0 Å². The van der Waals surface area contributed by atoms with Crippen LogP contribution in [0.2, 0.25) is 0 Å². The lowest BCUT2D eigenvalue weighted by atomic mass is 10.1. The van der Waals surface area contributed by atoms with E-state index in [-0.39, 0.29) is 11.9 Å². The maximum Gasteiger partial charge on any atom is 0.267 e. The van der Waals surface area contributed by atoms with Gasteiger partial charge >= 0.3 is 0 Å². The lowest BCUT2D eigenvalue weighted by Crippen LogP contribution is -2.37. The molecule has 2 aromatic carbocycles. The fourth-order valence-corrected chi connectivity index (χ4v) is 3.66. The number of carbonyl (C=O) groups excluding carboxylic acids is 1. The van der Waals surface area contributed by atoms with Crippen molar-refractivity contribution in [3.8, 4) is 0 Å². The van der Waals surface area contributed by atoms with Gasteiger partial charge in [-0.15, -0.1) is 0 Å². The molecule has 0 spiro atoms. The number of amides is 1. The number of aromatic nitrogens is 1. The van der Waals surface area contributed by atoms with Crippen molar-refractivity contribution >= 4 is 16.8 Å². The molecule has 128 valence electrons. The van der Waals surface area contributed by atoms with Gasteiger partial charge in [-0.1, -0.05) is 48.5 Å². The Morgan fingerprint density at radius 3 is 2.72 bits per heavy atom. The summed E-state index contributed by atoms with van der Waals surface area (Å²) in [5, 5.41) is 4.25. The summed E-state index contributed by atoms with van der Waals surface area (Å²) in [6.07, 6.45) is 0.989. The average molecular weight is 333 g/mol. The van der Waals surface area contributed by atoms with E-state index in [1.54, 1.807) is 0 Å². The van der Waals surface area contributed by atoms with Crippen molar-refractivity contribution in [2.24, 2.45) is 0 Å². The van der Waals surface area contributed by atoms with Gasteiger partial charge in [-0.3, -0.25) is 9.69 Å². The molecule has 1 aromatic heterocycles. The van der Waals surface area contributed by atoms with Crippen LogP contribution >= 0.6 is 0 Å². The third-order valence-electron chi connectivity index (χ3n) is 5.16. The maximum atomic E-state index is 12.6. The number of hydrogen-bond acceptors (Lipinski definition) is 2. The fourth-order valence-electron chi connectivity index (χ4n) is 3.66. The molecule has 4 rings (SSSR count). The van der Waals surface area contributed by atoms with E-state index in [9.17, 15) is 4.79 Å². The van der Waals surface area contributed by atoms with Crippen LogP contribution in [0.5, 0.6) is 0 Å². The first-order chi connectivity index (χ1) is 12.2. The minimum absolute atomic E-state index is 0.0181. The largest absolute Gasteiger partial charge is 0.351 e. The molecule has 2 heterocycles. The van der Waals surface area contributed by atoms with Gasteiger partial charge in [-0.05, 0) is 31.0 Å². The number of likely N-dealkylation sites (tertiary alicyclic amines) is 1. The number of H-pyrrole nitrogens is 1. The Balaban J connectivity index is 1.39. The summed E-state index contributed by atoms with van der Waals surface area (Å²) in [5.74, 6) is -0.0181. The van der Waals surface area contributed by atoms with E-state index in [2.05, 4.69) is 46.4 Å². The molecule has 1 saturated heterocycles. The predicted octanol–water partition coefficient (Wildman–Crippen LogP) is 3.73. The Morgan fingerprint density at radius 2 is 1.92 bits per heavy atom. The maximum absolute atomic E-state index is 12.6. The Morgan fingerprint density at radius 1 is 1.16 bits per heavy atom. The van der Waals surface area contributed by atoms with Crippen molar-refractivity contribution in [3.63, 3.8) is 0 Å². The summed E-state index contributed by atoms with van der Waals surface area (Å²) < 4.78 is 0. The standard InChI is InChI=1S/C21H23N3O/c1-15(16-7-3-2-4-8-16)24-12-11-18(14-24)22-21(25)20-13-17-9-5-6-10-19(17)23-20/h2-10,13,15,18,23H,11-12,14H2,1H3,(H,22,25)/t15-,18-/m0/s1. The van der Waals surface area contributed by atoms with Crippen LogP contribution in [-0.4, -0.2) is 34.9 Å². The molecule has 1 amide bonds. The van der Waals surface area contributed by atoms with Gasteiger partial charge in [-0.25, -0.2) is 0 Å². The highest BCUT2D eigenvalue weighted by Crippen LogP contribution is 2.24. The number of rotatable bonds is 4. The molecule has 0 aliphatic carbocycles. The lowest BCUT2D eigenvalue weighted by Gasteiger charge is -2.24. The SMILES string of the molecule is C[C@@H](c1ccccc1)N1CC[C@H](NC(=O)c2cc3ccccc3[nH]2)C1. The van der Waals surface area contributed by atoms with Gasteiger partial charge in [0.2, 0.25) is 0 Å². The van der Waals surface area contributed by atoms with Gasteiger partial charge in [0.25, 0.3) is 5.91 Å². The number of fused-ring (bicyclic) bond motifs is 1. The van der Waals surface area contributed by atoms with E-state index in [0.29, 0.717) is 11.7 Å². The lowest BCUT2D eigenvalue weighted by molar-refractivity contribution is 0.0932. The van der Waals surface area contributed by atoms with Crippen molar-refractivity contribution in [3.05, 3.63) is 71.9 Å². The van der Waals surface area contributed by atoms with Gasteiger partial charge in [0.1, 0.15) is 5.69 Å². The summed E-state index contributed by atoms with van der Waals surface area (Å²) in [6, 6.07) is 21.0. The molecular weight excluding hydrogens is 310 g/mol. The first-order valence-electron chi connectivity index (χ1n) is 8.88. The topological polar surface area (TPSA) is 48.1 Å². The molecule has 3 aromatic rings. The highest BCUT2D eigenvalue weighted by molar-refractivity contribution is 5.98. The van der Waals surface area contributed by atoms with E-state index < -0.39 is 0 Å². The van der Waals surface area contributed by atoms with Crippen LogP contribution in [0.15, 0.2) is 60.7 Å². The molecule has 25 heavy (non-hydrogen) atoms. The monoisotopic (exact) mass is 333 g/mol. The Kier molecular flexibility index (Phi) is 4.28. The molecule has 4 heteroatoms. The van der Waals surface area contributed by atoms with Crippen LogP contribution in [0.1, 0.15) is 35.4 Å². The van der Waals surface area contributed by atoms with Crippen LogP contribution in [-0.2, 0) is 0 Å². The third kappa shape index (κ3) is 3.30. The Bertz CT molecular complexity index is 838.